The summed E-state index contributed by atoms with van der Waals surface area (Å²) in [4.78, 5) is 2.56. The van der Waals surface area contributed by atoms with E-state index in [0.717, 1.165) is 25.6 Å². The van der Waals surface area contributed by atoms with E-state index in [9.17, 15) is 0 Å². The van der Waals surface area contributed by atoms with Crippen molar-refractivity contribution < 1.29 is 5.11 Å². The summed E-state index contributed by atoms with van der Waals surface area (Å²) in [7, 11) is 0. The molecule has 0 saturated heterocycles. The van der Waals surface area contributed by atoms with Gasteiger partial charge < -0.3 is 5.11 Å². The molecule has 1 N–H and O–H groups in total. The molecular weight excluding hydrogens is 222 g/mol. The average molecular weight is 247 g/mol. The van der Waals surface area contributed by atoms with Crippen LogP contribution in [0.2, 0.25) is 0 Å². The van der Waals surface area contributed by atoms with Gasteiger partial charge in [-0.2, -0.15) is 0 Å². The Hall–Kier alpha value is -0.860. The number of hydrogen-bond donors (Lipinski definition) is 1. The van der Waals surface area contributed by atoms with Crippen molar-refractivity contribution in [1.82, 2.24) is 4.90 Å². The van der Waals surface area contributed by atoms with Crippen LogP contribution < -0.4 is 0 Å². The summed E-state index contributed by atoms with van der Waals surface area (Å²) in [6.45, 7) is 6.77. The highest BCUT2D eigenvalue weighted by molar-refractivity contribution is 5.33. The van der Waals surface area contributed by atoms with Crippen molar-refractivity contribution in [3.05, 3.63) is 34.9 Å². The van der Waals surface area contributed by atoms with Crippen LogP contribution in [0.25, 0.3) is 0 Å². The Bertz CT molecular complexity index is 364. The maximum atomic E-state index is 9.04. The quantitative estimate of drug-likeness (QED) is 0.835. The summed E-state index contributed by atoms with van der Waals surface area (Å²) >= 11 is 0. The molecule has 1 saturated carbocycles. The van der Waals surface area contributed by atoms with Crippen LogP contribution in [-0.2, 0) is 6.54 Å². The fourth-order valence-corrected chi connectivity index (χ4v) is 2.72. The Morgan fingerprint density at radius 1 is 1.22 bits per heavy atom. The Morgan fingerprint density at radius 3 is 2.39 bits per heavy atom. The van der Waals surface area contributed by atoms with Gasteiger partial charge in [0.2, 0.25) is 0 Å². The van der Waals surface area contributed by atoms with E-state index in [2.05, 4.69) is 36.9 Å². The zero-order valence-electron chi connectivity index (χ0n) is 11.7. The second kappa shape index (κ2) is 6.35. The molecule has 1 fully saturated rings. The molecule has 1 aromatic carbocycles. The molecule has 1 aliphatic rings. The van der Waals surface area contributed by atoms with Gasteiger partial charge in [0.25, 0.3) is 0 Å². The van der Waals surface area contributed by atoms with Gasteiger partial charge in [0.15, 0.2) is 0 Å². The first-order valence-electron chi connectivity index (χ1n) is 7.12. The van der Waals surface area contributed by atoms with Gasteiger partial charge in [0.1, 0.15) is 0 Å². The van der Waals surface area contributed by atoms with Crippen molar-refractivity contribution in [2.45, 2.75) is 52.1 Å². The van der Waals surface area contributed by atoms with Crippen LogP contribution in [0.4, 0.5) is 0 Å². The molecule has 100 valence electrons. The number of nitrogens with zero attached hydrogens (tertiary/aromatic N) is 1. The minimum atomic E-state index is 0.302. The lowest BCUT2D eigenvalue weighted by Crippen LogP contribution is -2.40. The third-order valence-electron chi connectivity index (χ3n) is 4.20. The number of aliphatic hydroxyl groups is 1. The number of rotatable bonds is 6. The zero-order chi connectivity index (χ0) is 13.0. The van der Waals surface area contributed by atoms with Crippen LogP contribution >= 0.6 is 0 Å². The predicted octanol–water partition coefficient (Wildman–Crippen LogP) is 3.04. The molecule has 2 rings (SSSR count). The van der Waals surface area contributed by atoms with Crippen LogP contribution in [0, 0.1) is 13.8 Å². The first kappa shape index (κ1) is 13.6. The molecule has 0 unspecified atom stereocenters. The summed E-state index contributed by atoms with van der Waals surface area (Å²) in [5, 5.41) is 9.04. The van der Waals surface area contributed by atoms with E-state index in [-0.39, 0.29) is 0 Å². The highest BCUT2D eigenvalue weighted by Gasteiger charge is 2.25. The largest absolute Gasteiger partial charge is 0.396 e. The van der Waals surface area contributed by atoms with Gasteiger partial charge in [0.05, 0.1) is 0 Å². The van der Waals surface area contributed by atoms with Crippen molar-refractivity contribution in [2.75, 3.05) is 13.2 Å². The second-order valence-corrected chi connectivity index (χ2v) is 5.50. The van der Waals surface area contributed by atoms with E-state index in [1.807, 2.05) is 0 Å². The molecule has 1 aliphatic carbocycles. The van der Waals surface area contributed by atoms with E-state index < -0.39 is 0 Å². The smallest absolute Gasteiger partial charge is 0.0443 e. The summed E-state index contributed by atoms with van der Waals surface area (Å²) in [6.07, 6.45) is 4.92. The third-order valence-corrected chi connectivity index (χ3v) is 4.20. The maximum Gasteiger partial charge on any atom is 0.0443 e. The molecule has 0 aliphatic heterocycles. The van der Waals surface area contributed by atoms with Gasteiger partial charge in [-0.25, -0.2) is 0 Å². The molecule has 0 atom stereocenters. The lowest BCUT2D eigenvalue weighted by Gasteiger charge is -2.38. The molecule has 0 spiro atoms. The monoisotopic (exact) mass is 247 g/mol. The Morgan fingerprint density at radius 2 is 1.89 bits per heavy atom. The number of aliphatic hydroxyl groups excluding tert-OH is 1. The fraction of sp³-hybridized carbons (Fsp3) is 0.625. The summed E-state index contributed by atoms with van der Waals surface area (Å²) in [5.74, 6) is 0. The fourth-order valence-electron chi connectivity index (χ4n) is 2.72. The first-order valence-corrected chi connectivity index (χ1v) is 7.12. The van der Waals surface area contributed by atoms with Crippen molar-refractivity contribution in [2.24, 2.45) is 0 Å². The van der Waals surface area contributed by atoms with Crippen LogP contribution in [-0.4, -0.2) is 29.2 Å². The normalized spacial score (nSPS) is 16.0. The Balaban J connectivity index is 2.07. The lowest BCUT2D eigenvalue weighted by molar-refractivity contribution is 0.109. The van der Waals surface area contributed by atoms with Gasteiger partial charge in [-0.15, -0.1) is 0 Å². The second-order valence-electron chi connectivity index (χ2n) is 5.50. The summed E-state index contributed by atoms with van der Waals surface area (Å²) in [6, 6.07) is 7.28. The van der Waals surface area contributed by atoms with Gasteiger partial charge in [-0.1, -0.05) is 24.6 Å². The van der Waals surface area contributed by atoms with Gasteiger partial charge in [0, 0.05) is 25.7 Å². The van der Waals surface area contributed by atoms with Gasteiger partial charge in [-0.05, 0) is 49.8 Å². The number of aryl methyl sites for hydroxylation is 2. The van der Waals surface area contributed by atoms with Gasteiger partial charge >= 0.3 is 0 Å². The Kier molecular flexibility index (Phi) is 4.79. The average Bonchev–Trinajstić information content (AvgIpc) is 2.28. The van der Waals surface area contributed by atoms with Crippen LogP contribution in [0.15, 0.2) is 18.2 Å². The minimum Gasteiger partial charge on any atom is -0.396 e. The molecule has 0 radical (unpaired) electrons. The molecular formula is C16H25NO. The van der Waals surface area contributed by atoms with Crippen molar-refractivity contribution >= 4 is 0 Å². The SMILES string of the molecule is Cc1cccc(C)c1CN(CCCO)C1CCC1. The van der Waals surface area contributed by atoms with Gasteiger partial charge in [-0.3, -0.25) is 4.90 Å². The molecule has 1 aromatic rings. The van der Waals surface area contributed by atoms with Crippen molar-refractivity contribution in [1.29, 1.82) is 0 Å². The van der Waals surface area contributed by atoms with Crippen LogP contribution in [0.1, 0.15) is 42.4 Å². The number of hydrogen-bond acceptors (Lipinski definition) is 2. The van der Waals surface area contributed by atoms with E-state index >= 15 is 0 Å². The maximum absolute atomic E-state index is 9.04. The topological polar surface area (TPSA) is 23.5 Å². The highest BCUT2D eigenvalue weighted by Crippen LogP contribution is 2.27. The predicted molar refractivity (Wildman–Crippen MR) is 75.7 cm³/mol. The first-order chi connectivity index (χ1) is 8.72. The summed E-state index contributed by atoms with van der Waals surface area (Å²) in [5.41, 5.74) is 4.26. The third kappa shape index (κ3) is 3.12. The molecule has 2 nitrogen and oxygen atoms in total. The standard InChI is InChI=1S/C16H25NO/c1-13-6-3-7-14(2)16(13)12-17(10-5-11-18)15-8-4-9-15/h3,6-7,15,18H,4-5,8-12H2,1-2H3. The molecule has 0 bridgehead atoms. The lowest BCUT2D eigenvalue weighted by atomic mass is 9.90. The van der Waals surface area contributed by atoms with E-state index in [1.54, 1.807) is 0 Å². The molecule has 2 heteroatoms. The van der Waals surface area contributed by atoms with Crippen molar-refractivity contribution in [3.63, 3.8) is 0 Å². The van der Waals surface area contributed by atoms with Crippen LogP contribution in [0.5, 0.6) is 0 Å². The molecule has 0 aromatic heterocycles. The zero-order valence-corrected chi connectivity index (χ0v) is 11.7. The summed E-state index contributed by atoms with van der Waals surface area (Å²) < 4.78 is 0. The number of benzene rings is 1. The molecule has 18 heavy (non-hydrogen) atoms. The minimum absolute atomic E-state index is 0.302. The Labute approximate surface area is 111 Å². The van der Waals surface area contributed by atoms with E-state index in [0.29, 0.717) is 6.61 Å². The van der Waals surface area contributed by atoms with Crippen LogP contribution in [0.3, 0.4) is 0 Å². The van der Waals surface area contributed by atoms with Crippen molar-refractivity contribution in [3.8, 4) is 0 Å². The van der Waals surface area contributed by atoms with E-state index in [1.165, 1.54) is 36.0 Å². The molecule has 0 amide bonds. The van der Waals surface area contributed by atoms with E-state index in [4.69, 9.17) is 5.11 Å². The highest BCUT2D eigenvalue weighted by atomic mass is 16.3. The molecule has 0 heterocycles.